The number of nitrogens with zero attached hydrogens (tertiary/aromatic N) is 6. The van der Waals surface area contributed by atoms with Crippen molar-refractivity contribution >= 4 is 11.6 Å². The van der Waals surface area contributed by atoms with Crippen molar-refractivity contribution in [2.75, 3.05) is 18.4 Å². The van der Waals surface area contributed by atoms with E-state index in [4.69, 9.17) is 0 Å². The Kier molecular flexibility index (Phi) is 5.39. The standard InChI is InChI=1S/C20H25N7/c1-26-18(7-9-24-26)14-27-10-4-5-16(13-27)11-17-12-20(23-15-22-17)25-19-6-2-3-8-21-19/h2-3,6-9,12,15-16H,4-5,10-11,13-14H2,1H3,(H,21,22,23,25)/t16-/m1/s1. The first-order chi connectivity index (χ1) is 13.3. The molecule has 1 atom stereocenters. The molecule has 140 valence electrons. The first-order valence-corrected chi connectivity index (χ1v) is 9.44. The molecule has 4 heterocycles. The molecule has 1 fully saturated rings. The number of anilines is 2. The number of nitrogens with one attached hydrogen (secondary N) is 1. The van der Waals surface area contributed by atoms with Crippen molar-refractivity contribution in [3.8, 4) is 0 Å². The van der Waals surface area contributed by atoms with Gasteiger partial charge >= 0.3 is 0 Å². The average molecular weight is 363 g/mol. The van der Waals surface area contributed by atoms with E-state index in [1.54, 1.807) is 12.5 Å². The summed E-state index contributed by atoms with van der Waals surface area (Å²) in [6, 6.07) is 9.92. The fourth-order valence-corrected chi connectivity index (χ4v) is 3.69. The molecule has 1 aliphatic heterocycles. The Morgan fingerprint density at radius 2 is 2.07 bits per heavy atom. The molecule has 0 aromatic carbocycles. The maximum absolute atomic E-state index is 4.49. The van der Waals surface area contributed by atoms with Crippen LogP contribution < -0.4 is 5.32 Å². The lowest BCUT2D eigenvalue weighted by Gasteiger charge is -2.32. The zero-order valence-corrected chi connectivity index (χ0v) is 15.6. The van der Waals surface area contributed by atoms with E-state index >= 15 is 0 Å². The molecule has 0 radical (unpaired) electrons. The molecular weight excluding hydrogens is 338 g/mol. The third kappa shape index (κ3) is 4.68. The van der Waals surface area contributed by atoms with Crippen molar-refractivity contribution in [3.63, 3.8) is 0 Å². The highest BCUT2D eigenvalue weighted by Crippen LogP contribution is 2.22. The van der Waals surface area contributed by atoms with E-state index in [0.717, 1.165) is 43.4 Å². The van der Waals surface area contributed by atoms with Gasteiger partial charge < -0.3 is 5.32 Å². The Hall–Kier alpha value is -2.80. The quantitative estimate of drug-likeness (QED) is 0.726. The van der Waals surface area contributed by atoms with Gasteiger partial charge in [0.05, 0.1) is 5.69 Å². The van der Waals surface area contributed by atoms with Gasteiger partial charge in [-0.1, -0.05) is 6.07 Å². The second-order valence-electron chi connectivity index (χ2n) is 7.13. The normalized spacial score (nSPS) is 17.7. The van der Waals surface area contributed by atoms with Crippen LogP contribution in [0, 0.1) is 5.92 Å². The van der Waals surface area contributed by atoms with Gasteiger partial charge in [0.15, 0.2) is 0 Å². The lowest BCUT2D eigenvalue weighted by molar-refractivity contribution is 0.163. The third-order valence-electron chi connectivity index (χ3n) is 5.05. The Morgan fingerprint density at radius 1 is 1.11 bits per heavy atom. The molecule has 1 saturated heterocycles. The van der Waals surface area contributed by atoms with Gasteiger partial charge in [0.25, 0.3) is 0 Å². The number of hydrogen-bond donors (Lipinski definition) is 1. The van der Waals surface area contributed by atoms with Crippen molar-refractivity contribution in [2.24, 2.45) is 13.0 Å². The van der Waals surface area contributed by atoms with Crippen molar-refractivity contribution in [1.29, 1.82) is 0 Å². The first kappa shape index (κ1) is 17.6. The Balaban J connectivity index is 1.37. The van der Waals surface area contributed by atoms with E-state index < -0.39 is 0 Å². The maximum Gasteiger partial charge on any atom is 0.135 e. The number of rotatable bonds is 6. The van der Waals surface area contributed by atoms with Crippen LogP contribution in [0.15, 0.2) is 49.1 Å². The Morgan fingerprint density at radius 3 is 2.89 bits per heavy atom. The lowest BCUT2D eigenvalue weighted by Crippen LogP contribution is -2.36. The Labute approximate surface area is 159 Å². The van der Waals surface area contributed by atoms with Gasteiger partial charge in [0, 0.05) is 44.3 Å². The molecule has 4 rings (SSSR count). The van der Waals surface area contributed by atoms with Crippen LogP contribution in [-0.2, 0) is 20.0 Å². The van der Waals surface area contributed by atoms with Gasteiger partial charge in [0.2, 0.25) is 0 Å². The van der Waals surface area contributed by atoms with Crippen LogP contribution in [0.3, 0.4) is 0 Å². The van der Waals surface area contributed by atoms with Crippen LogP contribution in [0.2, 0.25) is 0 Å². The molecule has 0 spiro atoms. The van der Waals surface area contributed by atoms with E-state index in [2.05, 4.69) is 36.3 Å². The predicted octanol–water partition coefficient (Wildman–Crippen LogP) is 2.80. The van der Waals surface area contributed by atoms with Crippen LogP contribution in [0.1, 0.15) is 24.2 Å². The highest BCUT2D eigenvalue weighted by Gasteiger charge is 2.21. The third-order valence-corrected chi connectivity index (χ3v) is 5.05. The van der Waals surface area contributed by atoms with Gasteiger partial charge in [0.1, 0.15) is 18.0 Å². The monoisotopic (exact) mass is 363 g/mol. The van der Waals surface area contributed by atoms with E-state index in [-0.39, 0.29) is 0 Å². The summed E-state index contributed by atoms with van der Waals surface area (Å²) < 4.78 is 1.96. The Bertz CT molecular complexity index is 862. The van der Waals surface area contributed by atoms with Crippen LogP contribution in [0.4, 0.5) is 11.6 Å². The number of aromatic nitrogens is 5. The zero-order valence-electron chi connectivity index (χ0n) is 15.6. The summed E-state index contributed by atoms with van der Waals surface area (Å²) in [7, 11) is 2.01. The largest absolute Gasteiger partial charge is 0.325 e. The van der Waals surface area contributed by atoms with E-state index in [9.17, 15) is 0 Å². The lowest BCUT2D eigenvalue weighted by atomic mass is 9.93. The molecule has 7 heteroatoms. The molecular formula is C20H25N7. The van der Waals surface area contributed by atoms with Crippen molar-refractivity contribution in [1.82, 2.24) is 29.6 Å². The predicted molar refractivity (Wildman–Crippen MR) is 104 cm³/mol. The SMILES string of the molecule is Cn1nccc1CN1CCC[C@H](Cc2cc(Nc3ccccn3)ncn2)C1. The number of piperidine rings is 1. The molecule has 3 aromatic rings. The highest BCUT2D eigenvalue weighted by atomic mass is 15.3. The van der Waals surface area contributed by atoms with E-state index in [1.165, 1.54) is 18.5 Å². The number of aryl methyl sites for hydroxylation is 1. The van der Waals surface area contributed by atoms with E-state index in [1.807, 2.05) is 42.2 Å². The smallest absolute Gasteiger partial charge is 0.135 e. The van der Waals surface area contributed by atoms with E-state index in [0.29, 0.717) is 5.92 Å². The molecule has 3 aromatic heterocycles. The number of pyridine rings is 1. The van der Waals surface area contributed by atoms with Gasteiger partial charge in [-0.15, -0.1) is 0 Å². The summed E-state index contributed by atoms with van der Waals surface area (Å²) in [5.74, 6) is 2.20. The number of likely N-dealkylation sites (tertiary alicyclic amines) is 1. The van der Waals surface area contributed by atoms with Gasteiger partial charge in [-0.3, -0.25) is 9.58 Å². The summed E-state index contributed by atoms with van der Waals surface area (Å²) in [6.45, 7) is 3.21. The topological polar surface area (TPSA) is 71.8 Å². The molecule has 27 heavy (non-hydrogen) atoms. The van der Waals surface area contributed by atoms with Crippen LogP contribution in [-0.4, -0.2) is 42.7 Å². The summed E-state index contributed by atoms with van der Waals surface area (Å²) in [5, 5.41) is 7.52. The molecule has 1 aliphatic rings. The fraction of sp³-hybridized carbons (Fsp3) is 0.400. The van der Waals surface area contributed by atoms with Gasteiger partial charge in [-0.2, -0.15) is 5.10 Å². The van der Waals surface area contributed by atoms with Crippen molar-refractivity contribution < 1.29 is 0 Å². The molecule has 1 N–H and O–H groups in total. The summed E-state index contributed by atoms with van der Waals surface area (Å²) in [5.41, 5.74) is 2.34. The summed E-state index contributed by atoms with van der Waals surface area (Å²) in [4.78, 5) is 15.6. The molecule has 0 amide bonds. The van der Waals surface area contributed by atoms with Crippen molar-refractivity contribution in [2.45, 2.75) is 25.8 Å². The zero-order chi connectivity index (χ0) is 18.5. The molecule has 0 unspecified atom stereocenters. The van der Waals surface area contributed by atoms with Crippen LogP contribution >= 0.6 is 0 Å². The molecule has 0 bridgehead atoms. The number of hydrogen-bond acceptors (Lipinski definition) is 6. The minimum Gasteiger partial charge on any atom is -0.325 e. The maximum atomic E-state index is 4.49. The second kappa shape index (κ2) is 8.26. The highest BCUT2D eigenvalue weighted by molar-refractivity contribution is 5.50. The average Bonchev–Trinajstić information content (AvgIpc) is 3.08. The molecule has 0 saturated carbocycles. The first-order valence-electron chi connectivity index (χ1n) is 9.44. The fourth-order valence-electron chi connectivity index (χ4n) is 3.69. The summed E-state index contributed by atoms with van der Waals surface area (Å²) in [6.07, 6.45) is 8.72. The minimum atomic E-state index is 0.615. The van der Waals surface area contributed by atoms with Crippen LogP contribution in [0.25, 0.3) is 0 Å². The van der Waals surface area contributed by atoms with Gasteiger partial charge in [-0.25, -0.2) is 15.0 Å². The van der Waals surface area contributed by atoms with Crippen LogP contribution in [0.5, 0.6) is 0 Å². The minimum absolute atomic E-state index is 0.615. The van der Waals surface area contributed by atoms with Crippen molar-refractivity contribution in [3.05, 3.63) is 60.4 Å². The second-order valence-corrected chi connectivity index (χ2v) is 7.13. The van der Waals surface area contributed by atoms with Gasteiger partial charge in [-0.05, 0) is 49.9 Å². The molecule has 0 aliphatic carbocycles. The molecule has 7 nitrogen and oxygen atoms in total. The summed E-state index contributed by atoms with van der Waals surface area (Å²) >= 11 is 0.